The summed E-state index contributed by atoms with van der Waals surface area (Å²) >= 11 is 0. The van der Waals surface area contributed by atoms with E-state index in [1.165, 1.54) is 51.7 Å². The van der Waals surface area contributed by atoms with Gasteiger partial charge in [0, 0.05) is 30.9 Å². The Labute approximate surface area is 189 Å². The van der Waals surface area contributed by atoms with Crippen LogP contribution in [0.4, 0.5) is 27.9 Å². The van der Waals surface area contributed by atoms with E-state index in [2.05, 4.69) is 42.8 Å². The Balaban J connectivity index is 1.48. The van der Waals surface area contributed by atoms with Crippen LogP contribution in [-0.4, -0.2) is 59.7 Å². The number of hydrogen-bond acceptors (Lipinski definition) is 8. The summed E-state index contributed by atoms with van der Waals surface area (Å²) < 4.78 is 19.1. The minimum Gasteiger partial charge on any atom is -0.494 e. The third-order valence-electron chi connectivity index (χ3n) is 6.48. The Morgan fingerprint density at radius 3 is 2.34 bits per heavy atom. The molecule has 1 saturated heterocycles. The number of benzene rings is 1. The zero-order valence-corrected chi connectivity index (χ0v) is 19.0. The molecule has 1 unspecified atom stereocenters. The molecule has 2 heterocycles. The molecule has 1 saturated carbocycles. The summed E-state index contributed by atoms with van der Waals surface area (Å²) in [7, 11) is 3.59. The van der Waals surface area contributed by atoms with E-state index in [1.807, 2.05) is 0 Å². The van der Waals surface area contributed by atoms with E-state index in [1.54, 1.807) is 12.1 Å². The second-order valence-corrected chi connectivity index (χ2v) is 8.82. The van der Waals surface area contributed by atoms with E-state index in [-0.39, 0.29) is 5.75 Å². The van der Waals surface area contributed by atoms with E-state index < -0.39 is 5.82 Å². The van der Waals surface area contributed by atoms with Crippen LogP contribution in [0.1, 0.15) is 44.9 Å². The van der Waals surface area contributed by atoms with Crippen LogP contribution in [0.3, 0.4) is 0 Å². The van der Waals surface area contributed by atoms with Crippen LogP contribution in [0, 0.1) is 11.7 Å². The molecule has 0 radical (unpaired) electrons. The fraction of sp³-hybridized carbons (Fsp3) is 0.609. The summed E-state index contributed by atoms with van der Waals surface area (Å²) in [5.74, 6) is 1.83. The number of aromatic nitrogens is 3. The lowest BCUT2D eigenvalue weighted by Crippen LogP contribution is -2.32. The lowest BCUT2D eigenvalue weighted by atomic mass is 9.89. The topological polar surface area (TPSA) is 87.2 Å². The lowest BCUT2D eigenvalue weighted by Gasteiger charge is -2.22. The minimum absolute atomic E-state index is 0.198. The van der Waals surface area contributed by atoms with Crippen molar-refractivity contribution in [3.63, 3.8) is 0 Å². The van der Waals surface area contributed by atoms with Gasteiger partial charge in [-0.05, 0) is 57.3 Å². The van der Waals surface area contributed by atoms with Crippen LogP contribution in [-0.2, 0) is 0 Å². The SMILES string of the molecule is COc1ccc(Nc2nc(NCC3CCCCC3)nc(NCC3CCCN3C)n2)cc1F. The third kappa shape index (κ3) is 5.97. The zero-order chi connectivity index (χ0) is 22.3. The lowest BCUT2D eigenvalue weighted by molar-refractivity contribution is 0.322. The second-order valence-electron chi connectivity index (χ2n) is 8.82. The van der Waals surface area contributed by atoms with E-state index in [0.29, 0.717) is 35.5 Å². The molecule has 9 heteroatoms. The third-order valence-corrected chi connectivity index (χ3v) is 6.48. The molecule has 174 valence electrons. The monoisotopic (exact) mass is 443 g/mol. The molecule has 4 rings (SSSR count). The number of rotatable bonds is 9. The molecule has 2 aliphatic rings. The summed E-state index contributed by atoms with van der Waals surface area (Å²) in [5.41, 5.74) is 0.550. The largest absolute Gasteiger partial charge is 0.494 e. The van der Waals surface area contributed by atoms with E-state index in [4.69, 9.17) is 4.74 Å². The number of nitrogens with zero attached hydrogens (tertiary/aromatic N) is 4. The van der Waals surface area contributed by atoms with Crippen LogP contribution in [0.15, 0.2) is 18.2 Å². The molecule has 0 bridgehead atoms. The Morgan fingerprint density at radius 2 is 1.69 bits per heavy atom. The molecule has 1 aromatic carbocycles. The van der Waals surface area contributed by atoms with Gasteiger partial charge < -0.3 is 25.6 Å². The van der Waals surface area contributed by atoms with Gasteiger partial charge in [0.25, 0.3) is 0 Å². The highest BCUT2D eigenvalue weighted by molar-refractivity contribution is 5.57. The van der Waals surface area contributed by atoms with Crippen molar-refractivity contribution in [1.29, 1.82) is 0 Å². The first kappa shape index (κ1) is 22.5. The van der Waals surface area contributed by atoms with Crippen molar-refractivity contribution in [2.75, 3.05) is 49.7 Å². The number of hydrogen-bond donors (Lipinski definition) is 3. The maximum absolute atomic E-state index is 14.1. The van der Waals surface area contributed by atoms with Crippen molar-refractivity contribution in [3.05, 3.63) is 24.0 Å². The first-order chi connectivity index (χ1) is 15.6. The fourth-order valence-electron chi connectivity index (χ4n) is 4.54. The molecule has 32 heavy (non-hydrogen) atoms. The number of halogens is 1. The standard InChI is InChI=1S/C23H34FN7O/c1-31-12-6-9-18(31)15-26-22-28-21(25-14-16-7-4-3-5-8-16)29-23(30-22)27-17-10-11-20(32-2)19(24)13-17/h10-11,13,16,18H,3-9,12,14-15H2,1-2H3,(H3,25,26,27,28,29,30). The average Bonchev–Trinajstić information content (AvgIpc) is 3.22. The number of anilines is 4. The summed E-state index contributed by atoms with van der Waals surface area (Å²) in [5, 5.41) is 9.88. The van der Waals surface area contributed by atoms with Gasteiger partial charge in [-0.1, -0.05) is 19.3 Å². The molecule has 0 amide bonds. The number of likely N-dealkylation sites (tertiary alicyclic amines) is 1. The molecule has 1 aliphatic heterocycles. The highest BCUT2D eigenvalue weighted by Gasteiger charge is 2.21. The predicted octanol–water partition coefficient (Wildman–Crippen LogP) is 4.26. The summed E-state index contributed by atoms with van der Waals surface area (Å²) in [4.78, 5) is 16.0. The van der Waals surface area contributed by atoms with Crippen LogP contribution in [0.5, 0.6) is 5.75 Å². The van der Waals surface area contributed by atoms with Crippen LogP contribution in [0.25, 0.3) is 0 Å². The Kier molecular flexibility index (Phi) is 7.57. The number of ether oxygens (including phenoxy) is 1. The molecule has 2 fully saturated rings. The average molecular weight is 444 g/mol. The van der Waals surface area contributed by atoms with E-state index in [9.17, 15) is 4.39 Å². The van der Waals surface area contributed by atoms with Gasteiger partial charge in [-0.2, -0.15) is 15.0 Å². The van der Waals surface area contributed by atoms with Gasteiger partial charge >= 0.3 is 0 Å². The molecular weight excluding hydrogens is 409 g/mol. The second kappa shape index (κ2) is 10.8. The summed E-state index contributed by atoms with van der Waals surface area (Å²) in [6, 6.07) is 5.16. The first-order valence-corrected chi connectivity index (χ1v) is 11.7. The van der Waals surface area contributed by atoms with Crippen LogP contribution < -0.4 is 20.7 Å². The molecule has 0 spiro atoms. The quantitative estimate of drug-likeness (QED) is 0.530. The number of likely N-dealkylation sites (N-methyl/N-ethyl adjacent to an activating group) is 1. The van der Waals surface area contributed by atoms with Gasteiger partial charge in [0.15, 0.2) is 11.6 Å². The highest BCUT2D eigenvalue weighted by Crippen LogP contribution is 2.25. The maximum atomic E-state index is 14.1. The Hall–Kier alpha value is -2.68. The van der Waals surface area contributed by atoms with E-state index in [0.717, 1.165) is 26.1 Å². The fourth-order valence-corrected chi connectivity index (χ4v) is 4.54. The molecule has 1 aliphatic carbocycles. The van der Waals surface area contributed by atoms with Gasteiger partial charge in [-0.3, -0.25) is 0 Å². The van der Waals surface area contributed by atoms with Gasteiger partial charge in [0.2, 0.25) is 17.8 Å². The van der Waals surface area contributed by atoms with Crippen molar-refractivity contribution in [2.45, 2.75) is 51.0 Å². The zero-order valence-electron chi connectivity index (χ0n) is 19.0. The van der Waals surface area contributed by atoms with Crippen molar-refractivity contribution in [3.8, 4) is 5.75 Å². The smallest absolute Gasteiger partial charge is 0.233 e. The predicted molar refractivity (Wildman–Crippen MR) is 125 cm³/mol. The van der Waals surface area contributed by atoms with Gasteiger partial charge in [-0.25, -0.2) is 4.39 Å². The number of methoxy groups -OCH3 is 1. The molecule has 2 aromatic rings. The van der Waals surface area contributed by atoms with Crippen LogP contribution in [0.2, 0.25) is 0 Å². The summed E-state index contributed by atoms with van der Waals surface area (Å²) in [6.45, 7) is 2.75. The van der Waals surface area contributed by atoms with Crippen molar-refractivity contribution in [1.82, 2.24) is 19.9 Å². The van der Waals surface area contributed by atoms with E-state index >= 15 is 0 Å². The Bertz CT molecular complexity index is 891. The number of nitrogens with one attached hydrogen (secondary N) is 3. The minimum atomic E-state index is -0.440. The summed E-state index contributed by atoms with van der Waals surface area (Å²) in [6.07, 6.45) is 8.78. The Morgan fingerprint density at radius 1 is 0.969 bits per heavy atom. The maximum Gasteiger partial charge on any atom is 0.233 e. The normalized spacial score (nSPS) is 19.7. The van der Waals surface area contributed by atoms with Gasteiger partial charge in [0.1, 0.15) is 0 Å². The van der Waals surface area contributed by atoms with Crippen molar-refractivity contribution < 1.29 is 9.13 Å². The molecule has 8 nitrogen and oxygen atoms in total. The molecular formula is C23H34FN7O. The first-order valence-electron chi connectivity index (χ1n) is 11.7. The van der Waals surface area contributed by atoms with Crippen LogP contribution >= 0.6 is 0 Å². The van der Waals surface area contributed by atoms with Gasteiger partial charge in [-0.15, -0.1) is 0 Å². The highest BCUT2D eigenvalue weighted by atomic mass is 19.1. The molecule has 3 N–H and O–H groups in total. The van der Waals surface area contributed by atoms with Crippen molar-refractivity contribution >= 4 is 23.5 Å². The van der Waals surface area contributed by atoms with Crippen molar-refractivity contribution in [2.24, 2.45) is 5.92 Å². The van der Waals surface area contributed by atoms with Gasteiger partial charge in [0.05, 0.1) is 7.11 Å². The molecule has 1 aromatic heterocycles. The molecule has 1 atom stereocenters.